The number of hydrogen-bond acceptors (Lipinski definition) is 3. The molecule has 1 aromatic rings. The molecule has 1 heterocycles. The van der Waals surface area contributed by atoms with Crippen molar-refractivity contribution in [1.29, 1.82) is 0 Å². The molecule has 3 heteroatoms. The normalized spacial score (nSPS) is 17.3. The predicted molar refractivity (Wildman–Crippen MR) is 62.5 cm³/mol. The van der Waals surface area contributed by atoms with Gasteiger partial charge in [-0.1, -0.05) is 24.3 Å². The molecule has 0 unspecified atom stereocenters. The van der Waals surface area contributed by atoms with Crippen LogP contribution in [0.15, 0.2) is 24.3 Å². The summed E-state index contributed by atoms with van der Waals surface area (Å²) in [5, 5.41) is 0. The number of ether oxygens (including phenoxy) is 1. The minimum Gasteiger partial charge on any atom is -0.379 e. The maximum absolute atomic E-state index is 11.5. The van der Waals surface area contributed by atoms with E-state index in [2.05, 4.69) is 4.90 Å². The van der Waals surface area contributed by atoms with Crippen LogP contribution in [0.2, 0.25) is 0 Å². The second-order valence-corrected chi connectivity index (χ2v) is 4.10. The average Bonchev–Trinajstić information content (AvgIpc) is 2.31. The van der Waals surface area contributed by atoms with E-state index < -0.39 is 0 Å². The van der Waals surface area contributed by atoms with Crippen molar-refractivity contribution in [1.82, 2.24) is 4.90 Å². The Labute approximate surface area is 96.0 Å². The topological polar surface area (TPSA) is 29.5 Å². The molecule has 86 valence electrons. The lowest BCUT2D eigenvalue weighted by Gasteiger charge is -2.27. The Morgan fingerprint density at radius 2 is 2.00 bits per heavy atom. The second kappa shape index (κ2) is 5.23. The van der Waals surface area contributed by atoms with E-state index in [0.717, 1.165) is 44.0 Å². The van der Waals surface area contributed by atoms with Crippen LogP contribution in [0, 0.1) is 0 Å². The minimum atomic E-state index is 0.142. The van der Waals surface area contributed by atoms with Crippen LogP contribution < -0.4 is 0 Å². The minimum absolute atomic E-state index is 0.142. The lowest BCUT2D eigenvalue weighted by Crippen LogP contribution is -2.36. The van der Waals surface area contributed by atoms with Gasteiger partial charge in [-0.05, 0) is 12.5 Å². The van der Waals surface area contributed by atoms with Crippen LogP contribution >= 0.6 is 0 Å². The monoisotopic (exact) mass is 219 g/mol. The largest absolute Gasteiger partial charge is 0.379 e. The predicted octanol–water partition coefficient (Wildman–Crippen LogP) is 1.72. The van der Waals surface area contributed by atoms with Crippen molar-refractivity contribution in [2.24, 2.45) is 0 Å². The van der Waals surface area contributed by atoms with Gasteiger partial charge in [-0.25, -0.2) is 0 Å². The van der Waals surface area contributed by atoms with Crippen LogP contribution in [0.4, 0.5) is 0 Å². The standard InChI is InChI=1S/C13H17NO2/c1-11(15)13-5-3-2-4-12(13)10-14-6-8-16-9-7-14/h2-5H,6-10H2,1H3. The fourth-order valence-electron chi connectivity index (χ4n) is 2.00. The van der Waals surface area contributed by atoms with Crippen LogP contribution in [0.1, 0.15) is 22.8 Å². The van der Waals surface area contributed by atoms with Gasteiger partial charge < -0.3 is 4.74 Å². The summed E-state index contributed by atoms with van der Waals surface area (Å²) < 4.78 is 5.31. The van der Waals surface area contributed by atoms with Gasteiger partial charge in [-0.3, -0.25) is 9.69 Å². The Morgan fingerprint density at radius 3 is 2.69 bits per heavy atom. The summed E-state index contributed by atoms with van der Waals surface area (Å²) in [7, 11) is 0. The van der Waals surface area contributed by atoms with Gasteiger partial charge in [0.2, 0.25) is 0 Å². The Balaban J connectivity index is 2.10. The van der Waals surface area contributed by atoms with Crippen LogP contribution in [0.5, 0.6) is 0 Å². The Bertz CT molecular complexity index is 370. The zero-order valence-electron chi connectivity index (χ0n) is 9.61. The lowest BCUT2D eigenvalue weighted by molar-refractivity contribution is 0.0341. The van der Waals surface area contributed by atoms with Crippen molar-refractivity contribution in [2.45, 2.75) is 13.5 Å². The number of Topliss-reactive ketones (excluding diaryl/α,β-unsaturated/α-hetero) is 1. The third-order valence-corrected chi connectivity index (χ3v) is 2.89. The first-order valence-corrected chi connectivity index (χ1v) is 5.66. The molecule has 16 heavy (non-hydrogen) atoms. The first-order valence-electron chi connectivity index (χ1n) is 5.66. The molecule has 2 rings (SSSR count). The molecule has 1 aliphatic heterocycles. The Kier molecular flexibility index (Phi) is 3.70. The van der Waals surface area contributed by atoms with Gasteiger partial charge in [0.05, 0.1) is 13.2 Å². The van der Waals surface area contributed by atoms with Gasteiger partial charge in [-0.15, -0.1) is 0 Å². The zero-order chi connectivity index (χ0) is 11.4. The first-order chi connectivity index (χ1) is 7.77. The summed E-state index contributed by atoms with van der Waals surface area (Å²) in [5.41, 5.74) is 1.96. The van der Waals surface area contributed by atoms with E-state index in [-0.39, 0.29) is 5.78 Å². The zero-order valence-corrected chi connectivity index (χ0v) is 9.61. The fourth-order valence-corrected chi connectivity index (χ4v) is 2.00. The maximum Gasteiger partial charge on any atom is 0.160 e. The van der Waals surface area contributed by atoms with E-state index >= 15 is 0 Å². The summed E-state index contributed by atoms with van der Waals surface area (Å²) in [6.45, 7) is 5.96. The molecule has 0 amide bonds. The van der Waals surface area contributed by atoms with Crippen molar-refractivity contribution >= 4 is 5.78 Å². The van der Waals surface area contributed by atoms with Crippen molar-refractivity contribution in [3.8, 4) is 0 Å². The molecule has 1 saturated heterocycles. The smallest absolute Gasteiger partial charge is 0.160 e. The number of nitrogens with zero attached hydrogens (tertiary/aromatic N) is 1. The molecule has 0 atom stereocenters. The summed E-state index contributed by atoms with van der Waals surface area (Å²) in [4.78, 5) is 13.8. The summed E-state index contributed by atoms with van der Waals surface area (Å²) >= 11 is 0. The maximum atomic E-state index is 11.5. The summed E-state index contributed by atoms with van der Waals surface area (Å²) in [5.74, 6) is 0.142. The lowest BCUT2D eigenvalue weighted by atomic mass is 10.0. The van der Waals surface area contributed by atoms with Crippen molar-refractivity contribution in [2.75, 3.05) is 26.3 Å². The fraction of sp³-hybridized carbons (Fsp3) is 0.462. The van der Waals surface area contributed by atoms with Gasteiger partial charge >= 0.3 is 0 Å². The molecule has 0 radical (unpaired) electrons. The van der Waals surface area contributed by atoms with Gasteiger partial charge in [-0.2, -0.15) is 0 Å². The van der Waals surface area contributed by atoms with E-state index in [1.165, 1.54) is 0 Å². The number of carbonyl (C=O) groups is 1. The summed E-state index contributed by atoms with van der Waals surface area (Å²) in [6, 6.07) is 7.84. The molecule has 0 N–H and O–H groups in total. The highest BCUT2D eigenvalue weighted by Crippen LogP contribution is 2.13. The van der Waals surface area contributed by atoms with Crippen LogP contribution in [0.25, 0.3) is 0 Å². The highest BCUT2D eigenvalue weighted by atomic mass is 16.5. The number of carbonyl (C=O) groups excluding carboxylic acids is 1. The van der Waals surface area contributed by atoms with E-state index in [0.29, 0.717) is 0 Å². The van der Waals surface area contributed by atoms with Gasteiger partial charge in [0.15, 0.2) is 5.78 Å². The van der Waals surface area contributed by atoms with Crippen molar-refractivity contribution < 1.29 is 9.53 Å². The van der Waals surface area contributed by atoms with Gasteiger partial charge in [0.1, 0.15) is 0 Å². The molecule has 3 nitrogen and oxygen atoms in total. The van der Waals surface area contributed by atoms with Gasteiger partial charge in [0.25, 0.3) is 0 Å². The molecule has 0 aliphatic carbocycles. The van der Waals surface area contributed by atoms with E-state index in [9.17, 15) is 4.79 Å². The number of ketones is 1. The number of hydrogen-bond donors (Lipinski definition) is 0. The Morgan fingerprint density at radius 1 is 1.31 bits per heavy atom. The van der Waals surface area contributed by atoms with Crippen molar-refractivity contribution in [3.05, 3.63) is 35.4 Å². The SMILES string of the molecule is CC(=O)c1ccccc1CN1CCOCC1. The van der Waals surface area contributed by atoms with E-state index in [4.69, 9.17) is 4.74 Å². The third kappa shape index (κ3) is 2.68. The number of morpholine rings is 1. The average molecular weight is 219 g/mol. The molecule has 1 fully saturated rings. The molecular formula is C13H17NO2. The quantitative estimate of drug-likeness (QED) is 0.725. The number of rotatable bonds is 3. The highest BCUT2D eigenvalue weighted by Gasteiger charge is 2.13. The Hall–Kier alpha value is -1.19. The second-order valence-electron chi connectivity index (χ2n) is 4.10. The molecular weight excluding hydrogens is 202 g/mol. The summed E-state index contributed by atoms with van der Waals surface area (Å²) in [6.07, 6.45) is 0. The highest BCUT2D eigenvalue weighted by molar-refractivity contribution is 5.95. The molecule has 0 aromatic heterocycles. The molecule has 0 saturated carbocycles. The van der Waals surface area contributed by atoms with Crippen LogP contribution in [-0.4, -0.2) is 37.0 Å². The molecule has 0 bridgehead atoms. The van der Waals surface area contributed by atoms with E-state index in [1.54, 1.807) is 6.92 Å². The number of benzene rings is 1. The molecule has 0 spiro atoms. The molecule has 1 aliphatic rings. The van der Waals surface area contributed by atoms with Crippen LogP contribution in [0.3, 0.4) is 0 Å². The third-order valence-electron chi connectivity index (χ3n) is 2.89. The van der Waals surface area contributed by atoms with Crippen molar-refractivity contribution in [3.63, 3.8) is 0 Å². The van der Waals surface area contributed by atoms with Crippen LogP contribution in [-0.2, 0) is 11.3 Å². The molecule has 1 aromatic carbocycles. The van der Waals surface area contributed by atoms with Gasteiger partial charge in [0, 0.05) is 25.2 Å². The van der Waals surface area contributed by atoms with E-state index in [1.807, 2.05) is 24.3 Å². The first kappa shape index (κ1) is 11.3.